The summed E-state index contributed by atoms with van der Waals surface area (Å²) < 4.78 is 40.3. The van der Waals surface area contributed by atoms with Crippen molar-refractivity contribution >= 4 is 26.8 Å². The van der Waals surface area contributed by atoms with Crippen LogP contribution in [0.15, 0.2) is 59.5 Å². The third-order valence-corrected chi connectivity index (χ3v) is 7.18. The molecule has 2 aromatic carbocycles. The summed E-state index contributed by atoms with van der Waals surface area (Å²) in [6.45, 7) is 3.09. The van der Waals surface area contributed by atoms with Crippen molar-refractivity contribution in [2.24, 2.45) is 0 Å². The van der Waals surface area contributed by atoms with E-state index in [1.54, 1.807) is 11.0 Å². The van der Waals surface area contributed by atoms with Crippen molar-refractivity contribution in [1.82, 2.24) is 14.2 Å². The molecule has 0 atom stereocenters. The van der Waals surface area contributed by atoms with Gasteiger partial charge in [-0.25, -0.2) is 12.8 Å². The van der Waals surface area contributed by atoms with Crippen molar-refractivity contribution < 1.29 is 17.6 Å². The Balaban J connectivity index is 1.56. The van der Waals surface area contributed by atoms with Gasteiger partial charge in [-0.3, -0.25) is 9.78 Å². The van der Waals surface area contributed by atoms with E-state index in [-0.39, 0.29) is 23.9 Å². The Labute approximate surface area is 175 Å². The maximum Gasteiger partial charge on any atom is 0.254 e. The number of aromatic nitrogens is 1. The van der Waals surface area contributed by atoms with Crippen LogP contribution in [0.3, 0.4) is 0 Å². The predicted molar refractivity (Wildman–Crippen MR) is 112 cm³/mol. The molecule has 0 unspecified atom stereocenters. The van der Waals surface area contributed by atoms with E-state index in [1.807, 2.05) is 31.2 Å². The number of carbonyl (C=O) groups is 1. The van der Waals surface area contributed by atoms with Gasteiger partial charge >= 0.3 is 0 Å². The number of hydrogen-bond acceptors (Lipinski definition) is 4. The van der Waals surface area contributed by atoms with Gasteiger partial charge in [0.15, 0.2) is 0 Å². The van der Waals surface area contributed by atoms with Crippen LogP contribution in [0.5, 0.6) is 0 Å². The normalized spacial score (nSPS) is 15.9. The van der Waals surface area contributed by atoms with Gasteiger partial charge in [-0.2, -0.15) is 4.31 Å². The zero-order valence-electron chi connectivity index (χ0n) is 16.6. The summed E-state index contributed by atoms with van der Waals surface area (Å²) in [5, 5.41) is 0.785. The first kappa shape index (κ1) is 20.4. The fourth-order valence-electron chi connectivity index (χ4n) is 3.75. The molecule has 1 saturated heterocycles. The summed E-state index contributed by atoms with van der Waals surface area (Å²) in [4.78, 5) is 19.5. The van der Waals surface area contributed by atoms with E-state index < -0.39 is 15.8 Å². The van der Waals surface area contributed by atoms with E-state index in [0.29, 0.717) is 25.1 Å². The van der Waals surface area contributed by atoms with E-state index >= 15 is 0 Å². The maximum absolute atomic E-state index is 13.3. The first-order chi connectivity index (χ1) is 14.4. The number of fused-ring (bicyclic) bond motifs is 1. The van der Waals surface area contributed by atoms with Crippen molar-refractivity contribution in [3.8, 4) is 0 Å². The number of rotatable bonds is 3. The van der Waals surface area contributed by atoms with Crippen LogP contribution in [0.4, 0.5) is 4.39 Å². The second-order valence-corrected chi connectivity index (χ2v) is 9.27. The molecule has 0 spiro atoms. The Bertz CT molecular complexity index is 1200. The molecule has 3 aromatic rings. The molecule has 1 aliphatic rings. The minimum atomic E-state index is -3.74. The lowest BCUT2D eigenvalue weighted by Crippen LogP contribution is -2.37. The van der Waals surface area contributed by atoms with Crippen LogP contribution in [0.2, 0.25) is 0 Å². The van der Waals surface area contributed by atoms with E-state index in [9.17, 15) is 17.6 Å². The monoisotopic (exact) mass is 427 g/mol. The first-order valence-corrected chi connectivity index (χ1v) is 11.2. The molecule has 1 fully saturated rings. The number of benzene rings is 2. The van der Waals surface area contributed by atoms with Crippen molar-refractivity contribution in [2.45, 2.75) is 18.2 Å². The molecule has 8 heteroatoms. The van der Waals surface area contributed by atoms with Crippen LogP contribution >= 0.6 is 0 Å². The number of pyridine rings is 1. The van der Waals surface area contributed by atoms with Gasteiger partial charge in [0, 0.05) is 37.3 Å². The number of hydrogen-bond donors (Lipinski definition) is 0. The lowest BCUT2D eigenvalue weighted by atomic mass is 10.1. The van der Waals surface area contributed by atoms with Crippen molar-refractivity contribution in [3.63, 3.8) is 0 Å². The van der Waals surface area contributed by atoms with Crippen molar-refractivity contribution in [3.05, 3.63) is 71.7 Å². The Morgan fingerprint density at radius 3 is 2.50 bits per heavy atom. The second kappa shape index (κ2) is 8.12. The molecule has 30 heavy (non-hydrogen) atoms. The molecular weight excluding hydrogens is 405 g/mol. The van der Waals surface area contributed by atoms with Crippen LogP contribution in [0.25, 0.3) is 10.9 Å². The highest BCUT2D eigenvalue weighted by Gasteiger charge is 2.29. The SMILES string of the molecule is Cc1cc(C(=O)N2CCCN(S(=O)(=O)c3ccc(F)cc3)CC2)c2ccccc2n1. The zero-order valence-corrected chi connectivity index (χ0v) is 17.4. The van der Waals surface area contributed by atoms with E-state index in [2.05, 4.69) is 4.98 Å². The van der Waals surface area contributed by atoms with Crippen LogP contribution in [0, 0.1) is 12.7 Å². The molecule has 0 radical (unpaired) electrons. The molecule has 1 aliphatic heterocycles. The van der Waals surface area contributed by atoms with Gasteiger partial charge in [0.2, 0.25) is 10.0 Å². The summed E-state index contributed by atoms with van der Waals surface area (Å²) in [7, 11) is -3.74. The number of para-hydroxylation sites is 1. The number of amides is 1. The Morgan fingerprint density at radius 1 is 1.00 bits per heavy atom. The fraction of sp³-hybridized carbons (Fsp3) is 0.273. The molecule has 4 rings (SSSR count). The van der Waals surface area contributed by atoms with Crippen LogP contribution in [-0.4, -0.2) is 54.7 Å². The highest BCUT2D eigenvalue weighted by molar-refractivity contribution is 7.89. The topological polar surface area (TPSA) is 70.6 Å². The van der Waals surface area contributed by atoms with Crippen LogP contribution < -0.4 is 0 Å². The van der Waals surface area contributed by atoms with E-state index in [1.165, 1.54) is 16.4 Å². The Kier molecular flexibility index (Phi) is 5.53. The third-order valence-electron chi connectivity index (χ3n) is 5.27. The summed E-state index contributed by atoms with van der Waals surface area (Å²) in [5.74, 6) is -0.612. The molecule has 1 amide bonds. The minimum Gasteiger partial charge on any atom is -0.337 e. The molecule has 2 heterocycles. The highest BCUT2D eigenvalue weighted by Crippen LogP contribution is 2.22. The number of halogens is 1. The van der Waals surface area contributed by atoms with Gasteiger partial charge in [0.25, 0.3) is 5.91 Å². The number of sulfonamides is 1. The minimum absolute atomic E-state index is 0.0550. The van der Waals surface area contributed by atoms with Gasteiger partial charge in [0.1, 0.15) is 5.82 Å². The van der Waals surface area contributed by atoms with Crippen molar-refractivity contribution in [2.75, 3.05) is 26.2 Å². The lowest BCUT2D eigenvalue weighted by molar-refractivity contribution is 0.0766. The molecule has 6 nitrogen and oxygen atoms in total. The average Bonchev–Trinajstić information content (AvgIpc) is 3.00. The summed E-state index contributed by atoms with van der Waals surface area (Å²) in [6.07, 6.45) is 0.522. The standard InChI is InChI=1S/C22H22FN3O3S/c1-16-15-20(19-5-2-3-6-21(19)24-16)22(27)25-11-4-12-26(14-13-25)30(28,29)18-9-7-17(23)8-10-18/h2-3,5-10,15H,4,11-14H2,1H3. The third kappa shape index (κ3) is 3.93. The Hall–Kier alpha value is -2.84. The van der Waals surface area contributed by atoms with Gasteiger partial charge in [-0.05, 0) is 49.7 Å². The van der Waals surface area contributed by atoms with Crippen LogP contribution in [-0.2, 0) is 10.0 Å². The number of nitrogens with zero attached hydrogens (tertiary/aromatic N) is 3. The Morgan fingerprint density at radius 2 is 1.73 bits per heavy atom. The van der Waals surface area contributed by atoms with Gasteiger partial charge in [0.05, 0.1) is 16.0 Å². The molecule has 0 bridgehead atoms. The molecule has 0 N–H and O–H groups in total. The highest BCUT2D eigenvalue weighted by atomic mass is 32.2. The maximum atomic E-state index is 13.3. The second-order valence-electron chi connectivity index (χ2n) is 7.33. The molecule has 0 aliphatic carbocycles. The van der Waals surface area contributed by atoms with Crippen LogP contribution in [0.1, 0.15) is 22.5 Å². The summed E-state index contributed by atoms with van der Waals surface area (Å²) in [5.41, 5.74) is 2.09. The van der Waals surface area contributed by atoms with E-state index in [0.717, 1.165) is 28.7 Å². The van der Waals surface area contributed by atoms with Gasteiger partial charge in [-0.1, -0.05) is 18.2 Å². The number of carbonyl (C=O) groups excluding carboxylic acids is 1. The molecule has 156 valence electrons. The molecule has 0 saturated carbocycles. The van der Waals surface area contributed by atoms with E-state index in [4.69, 9.17) is 0 Å². The number of aryl methyl sites for hydroxylation is 1. The zero-order chi connectivity index (χ0) is 21.3. The van der Waals surface area contributed by atoms with Crippen molar-refractivity contribution in [1.29, 1.82) is 0 Å². The molecular formula is C22H22FN3O3S. The van der Waals surface area contributed by atoms with Gasteiger partial charge < -0.3 is 4.90 Å². The average molecular weight is 428 g/mol. The summed E-state index contributed by atoms with van der Waals surface area (Å²) in [6, 6.07) is 14.1. The first-order valence-electron chi connectivity index (χ1n) is 9.77. The largest absolute Gasteiger partial charge is 0.337 e. The fourth-order valence-corrected chi connectivity index (χ4v) is 5.22. The smallest absolute Gasteiger partial charge is 0.254 e. The predicted octanol–water partition coefficient (Wildman–Crippen LogP) is 3.22. The molecule has 1 aromatic heterocycles. The quantitative estimate of drug-likeness (QED) is 0.644. The van der Waals surface area contributed by atoms with Gasteiger partial charge in [-0.15, -0.1) is 0 Å². The summed E-state index contributed by atoms with van der Waals surface area (Å²) >= 11 is 0. The lowest BCUT2D eigenvalue weighted by Gasteiger charge is -2.22.